The van der Waals surface area contributed by atoms with Crippen LogP contribution in [0.2, 0.25) is 19.6 Å². The first-order chi connectivity index (χ1) is 8.12. The molecule has 0 saturated heterocycles. The van der Waals surface area contributed by atoms with Crippen LogP contribution in [-0.4, -0.2) is 36.6 Å². The summed E-state index contributed by atoms with van der Waals surface area (Å²) in [7, 11) is -1.72. The van der Waals surface area contributed by atoms with Gasteiger partial charge in [-0.2, -0.15) is 0 Å². The van der Waals surface area contributed by atoms with Crippen LogP contribution in [0.25, 0.3) is 0 Å². The van der Waals surface area contributed by atoms with Gasteiger partial charge in [0.05, 0.1) is 0 Å². The van der Waals surface area contributed by atoms with Crippen molar-refractivity contribution < 1.29 is 13.3 Å². The zero-order chi connectivity index (χ0) is 15.5. The van der Waals surface area contributed by atoms with E-state index >= 15 is 0 Å². The van der Waals surface area contributed by atoms with Crippen LogP contribution in [0.3, 0.4) is 0 Å². The van der Waals surface area contributed by atoms with Gasteiger partial charge in [0.1, 0.15) is 0 Å². The molecule has 116 valence electrons. The van der Waals surface area contributed by atoms with E-state index in [1.807, 2.05) is 0 Å². The van der Waals surface area contributed by atoms with Gasteiger partial charge in [-0.1, -0.05) is 0 Å². The summed E-state index contributed by atoms with van der Waals surface area (Å²) in [4.78, 5) is 0. The molecule has 0 aromatic rings. The minimum atomic E-state index is -2.35. The normalized spacial score (nSPS) is 14.8. The van der Waals surface area contributed by atoms with Crippen LogP contribution in [0.1, 0.15) is 41.5 Å². The average molecular weight is 373 g/mol. The van der Waals surface area contributed by atoms with Gasteiger partial charge >= 0.3 is 128 Å². The van der Waals surface area contributed by atoms with Crippen LogP contribution in [0.15, 0.2) is 0 Å². The van der Waals surface area contributed by atoms with E-state index < -0.39 is 14.5 Å². The van der Waals surface area contributed by atoms with E-state index in [1.54, 1.807) is 0 Å². The van der Waals surface area contributed by atoms with Gasteiger partial charge in [0.15, 0.2) is 0 Å². The Bertz CT molecular complexity index is 304. The molecule has 0 N–H and O–H groups in total. The monoisotopic (exact) mass is 374 g/mol. The summed E-state index contributed by atoms with van der Waals surface area (Å²) >= 11 is 3.07. The second-order valence-corrected chi connectivity index (χ2v) is 17.5. The van der Waals surface area contributed by atoms with Crippen LogP contribution in [-0.2, 0) is 13.3 Å². The quantitative estimate of drug-likeness (QED) is 0.494. The van der Waals surface area contributed by atoms with Crippen molar-refractivity contribution in [2.24, 2.45) is 10.8 Å². The molecule has 0 saturated carbocycles. The molecule has 0 radical (unpaired) electrons. The topological polar surface area (TPSA) is 27.7 Å². The maximum absolute atomic E-state index is 6.17. The van der Waals surface area contributed by atoms with Crippen LogP contribution in [0, 0.1) is 10.8 Å². The van der Waals surface area contributed by atoms with E-state index in [-0.39, 0.29) is 10.8 Å². The molecule has 0 aliphatic rings. The van der Waals surface area contributed by atoms with Crippen molar-refractivity contribution in [1.29, 1.82) is 0 Å². The van der Waals surface area contributed by atoms with Crippen LogP contribution in [0.4, 0.5) is 0 Å². The first-order valence-electron chi connectivity index (χ1n) is 6.72. The van der Waals surface area contributed by atoms with E-state index in [1.165, 1.54) is 0 Å². The van der Waals surface area contributed by atoms with Crippen molar-refractivity contribution in [2.75, 3.05) is 13.2 Å². The van der Waals surface area contributed by atoms with E-state index in [4.69, 9.17) is 13.3 Å². The third kappa shape index (κ3) is 12.5. The summed E-state index contributed by atoms with van der Waals surface area (Å²) in [5, 5.41) is 0. The zero-order valence-electron chi connectivity index (χ0n) is 14.0. The van der Waals surface area contributed by atoms with E-state index in [0.29, 0.717) is 13.2 Å². The third-order valence-corrected chi connectivity index (χ3v) is 8.41. The predicted molar refractivity (Wildman–Crippen MR) is 87.9 cm³/mol. The molecule has 0 atom stereocenters. The molecule has 0 fully saturated rings. The van der Waals surface area contributed by atoms with Gasteiger partial charge in [0.25, 0.3) is 0 Å². The molecule has 0 spiro atoms. The molecule has 0 aliphatic heterocycles. The Balaban J connectivity index is 4.78. The Hall–Kier alpha value is 1.05. The SMILES string of the molecule is CC(C)(C)COP(=[Se])(OCC(C)(C)C)O[Si](C)(C)C. The molecule has 6 heteroatoms. The van der Waals surface area contributed by atoms with E-state index in [0.717, 1.165) is 0 Å². The second kappa shape index (κ2) is 6.87. The summed E-state index contributed by atoms with van der Waals surface area (Å²) in [6, 6.07) is 0. The number of hydrogen-bond acceptors (Lipinski definition) is 3. The Morgan fingerprint density at radius 3 is 1.37 bits per heavy atom. The fraction of sp³-hybridized carbons (Fsp3) is 1.00. The number of hydrogen-bond donors (Lipinski definition) is 0. The van der Waals surface area contributed by atoms with Crippen LogP contribution in [0.5, 0.6) is 0 Å². The van der Waals surface area contributed by atoms with Crippen molar-refractivity contribution in [3.63, 3.8) is 0 Å². The number of rotatable bonds is 6. The molecule has 0 unspecified atom stereocenters. The summed E-state index contributed by atoms with van der Waals surface area (Å²) in [6.45, 7) is 20.6. The predicted octanol–water partition coefficient (Wildman–Crippen LogP) is 4.81. The molecule has 0 heterocycles. The Morgan fingerprint density at radius 2 is 1.16 bits per heavy atom. The summed E-state index contributed by atoms with van der Waals surface area (Å²) < 4.78 is 18.2. The molecular formula is C13H31O3PSeSi. The van der Waals surface area contributed by atoms with Crippen LogP contribution >= 0.6 is 6.19 Å². The minimum absolute atomic E-state index is 0.100. The summed E-state index contributed by atoms with van der Waals surface area (Å²) in [5.41, 5.74) is 0.200. The summed E-state index contributed by atoms with van der Waals surface area (Å²) in [6.07, 6.45) is -2.35. The van der Waals surface area contributed by atoms with Crippen molar-refractivity contribution in [3.8, 4) is 0 Å². The molecule has 0 rings (SSSR count). The Kier molecular flexibility index (Phi) is 7.25. The van der Waals surface area contributed by atoms with E-state index in [9.17, 15) is 0 Å². The zero-order valence-corrected chi connectivity index (χ0v) is 17.6. The molecule has 19 heavy (non-hydrogen) atoms. The standard InChI is InChI=1S/C13H31O3PSeSi/c1-12(2,3)10-14-17(18,16-19(7,8)9)15-11-13(4,5)6/h10-11H2,1-9H3. The fourth-order valence-corrected chi connectivity index (χ4v) is 10.1. The molecule has 0 aliphatic carbocycles. The summed E-state index contributed by atoms with van der Waals surface area (Å²) in [5.74, 6) is 0. The molecule has 3 nitrogen and oxygen atoms in total. The molecule has 0 aromatic heterocycles. The first-order valence-corrected chi connectivity index (χ1v) is 13.9. The molecule has 0 aromatic carbocycles. The van der Waals surface area contributed by atoms with E-state index in [2.05, 4.69) is 76.3 Å². The van der Waals surface area contributed by atoms with Crippen molar-refractivity contribution in [3.05, 3.63) is 0 Å². The van der Waals surface area contributed by atoms with Gasteiger partial charge in [0.2, 0.25) is 0 Å². The van der Waals surface area contributed by atoms with Crippen molar-refractivity contribution in [1.82, 2.24) is 0 Å². The van der Waals surface area contributed by atoms with Gasteiger partial charge in [-0.05, 0) is 0 Å². The fourth-order valence-electron chi connectivity index (χ4n) is 0.971. The average Bonchev–Trinajstić information content (AvgIpc) is 2.07. The molecule has 0 amide bonds. The van der Waals surface area contributed by atoms with Crippen LogP contribution < -0.4 is 0 Å². The Labute approximate surface area is 128 Å². The van der Waals surface area contributed by atoms with Gasteiger partial charge in [0, 0.05) is 0 Å². The first kappa shape index (κ1) is 20.0. The third-order valence-electron chi connectivity index (χ3n) is 1.70. The second-order valence-electron chi connectivity index (χ2n) is 8.32. The van der Waals surface area contributed by atoms with Crippen molar-refractivity contribution in [2.45, 2.75) is 61.2 Å². The Morgan fingerprint density at radius 1 is 0.842 bits per heavy atom. The maximum atomic E-state index is 6.17. The van der Waals surface area contributed by atoms with Crippen molar-refractivity contribution >= 4 is 29.6 Å². The molecular weight excluding hydrogens is 342 g/mol. The van der Waals surface area contributed by atoms with Gasteiger partial charge in [-0.3, -0.25) is 0 Å². The molecule has 0 bridgehead atoms. The van der Waals surface area contributed by atoms with Gasteiger partial charge in [-0.25, -0.2) is 0 Å². The van der Waals surface area contributed by atoms with Gasteiger partial charge < -0.3 is 0 Å². The van der Waals surface area contributed by atoms with Gasteiger partial charge in [-0.15, -0.1) is 0 Å².